The minimum Gasteiger partial charge on any atom is -0.233 e. The van der Waals surface area contributed by atoms with Gasteiger partial charge in [0.15, 0.2) is 0 Å². The van der Waals surface area contributed by atoms with Crippen LogP contribution in [-0.2, 0) is 6.42 Å². The van der Waals surface area contributed by atoms with Crippen molar-refractivity contribution in [3.63, 3.8) is 0 Å². The Morgan fingerprint density at radius 3 is 2.71 bits per heavy atom. The molecule has 0 amide bonds. The van der Waals surface area contributed by atoms with Crippen molar-refractivity contribution in [1.29, 1.82) is 0 Å². The zero-order chi connectivity index (χ0) is 10.1. The van der Waals surface area contributed by atoms with Gasteiger partial charge in [0.25, 0.3) is 0 Å². The Hall–Kier alpha value is -0.480. The SMILES string of the molecule is CCc1nc(Br)c2cc(Br)ccc2n1. The molecule has 2 rings (SSSR count). The average Bonchev–Trinajstić information content (AvgIpc) is 2.19. The summed E-state index contributed by atoms with van der Waals surface area (Å²) in [5.74, 6) is 0.867. The van der Waals surface area contributed by atoms with Gasteiger partial charge in [-0.25, -0.2) is 9.97 Å². The van der Waals surface area contributed by atoms with E-state index in [0.29, 0.717) is 0 Å². The molecule has 4 heteroatoms. The maximum absolute atomic E-state index is 4.43. The zero-order valence-corrected chi connectivity index (χ0v) is 10.8. The molecule has 0 bridgehead atoms. The van der Waals surface area contributed by atoms with Crippen LogP contribution in [0.3, 0.4) is 0 Å². The second kappa shape index (κ2) is 3.95. The van der Waals surface area contributed by atoms with Crippen LogP contribution in [0.2, 0.25) is 0 Å². The van der Waals surface area contributed by atoms with Gasteiger partial charge >= 0.3 is 0 Å². The molecule has 2 aromatic rings. The van der Waals surface area contributed by atoms with Crippen molar-refractivity contribution in [3.05, 3.63) is 33.1 Å². The van der Waals surface area contributed by atoms with Crippen molar-refractivity contribution in [3.8, 4) is 0 Å². The Kier molecular flexibility index (Phi) is 2.83. The third-order valence-electron chi connectivity index (χ3n) is 1.97. The molecule has 0 aliphatic carbocycles. The van der Waals surface area contributed by atoms with E-state index in [4.69, 9.17) is 0 Å². The number of aromatic nitrogens is 2. The number of nitrogens with zero attached hydrogens (tertiary/aromatic N) is 2. The van der Waals surface area contributed by atoms with Crippen molar-refractivity contribution < 1.29 is 0 Å². The molecule has 2 nitrogen and oxygen atoms in total. The van der Waals surface area contributed by atoms with Crippen molar-refractivity contribution >= 4 is 42.8 Å². The highest BCUT2D eigenvalue weighted by Crippen LogP contribution is 2.24. The molecule has 0 N–H and O–H groups in total. The van der Waals surface area contributed by atoms with Crippen LogP contribution in [0.1, 0.15) is 12.7 Å². The van der Waals surface area contributed by atoms with E-state index < -0.39 is 0 Å². The molecular weight excluding hydrogens is 308 g/mol. The van der Waals surface area contributed by atoms with Gasteiger partial charge in [-0.15, -0.1) is 0 Å². The molecule has 1 aromatic heterocycles. The molecule has 1 heterocycles. The Balaban J connectivity index is 2.76. The summed E-state index contributed by atoms with van der Waals surface area (Å²) in [4.78, 5) is 8.78. The normalized spacial score (nSPS) is 10.8. The van der Waals surface area contributed by atoms with E-state index in [2.05, 4.69) is 41.8 Å². The smallest absolute Gasteiger partial charge is 0.130 e. The Labute approximate surface area is 99.0 Å². The maximum atomic E-state index is 4.43. The van der Waals surface area contributed by atoms with Gasteiger partial charge in [-0.1, -0.05) is 22.9 Å². The van der Waals surface area contributed by atoms with Crippen LogP contribution in [0.15, 0.2) is 27.3 Å². The lowest BCUT2D eigenvalue weighted by atomic mass is 10.2. The highest BCUT2D eigenvalue weighted by molar-refractivity contribution is 9.11. The van der Waals surface area contributed by atoms with Gasteiger partial charge in [0.2, 0.25) is 0 Å². The average molecular weight is 316 g/mol. The first-order chi connectivity index (χ1) is 6.70. The van der Waals surface area contributed by atoms with Gasteiger partial charge in [-0.2, -0.15) is 0 Å². The Bertz CT molecular complexity index is 483. The highest BCUT2D eigenvalue weighted by atomic mass is 79.9. The largest absolute Gasteiger partial charge is 0.233 e. The van der Waals surface area contributed by atoms with Crippen LogP contribution < -0.4 is 0 Å². The van der Waals surface area contributed by atoms with E-state index >= 15 is 0 Å². The summed E-state index contributed by atoms with van der Waals surface area (Å²) in [6, 6.07) is 5.99. The summed E-state index contributed by atoms with van der Waals surface area (Å²) in [6.07, 6.45) is 0.852. The van der Waals surface area contributed by atoms with Gasteiger partial charge in [0, 0.05) is 16.3 Å². The lowest BCUT2D eigenvalue weighted by Crippen LogP contribution is -1.94. The first-order valence-electron chi connectivity index (χ1n) is 4.32. The fourth-order valence-corrected chi connectivity index (χ4v) is 2.15. The van der Waals surface area contributed by atoms with Crippen LogP contribution in [0.25, 0.3) is 10.9 Å². The second-order valence-electron chi connectivity index (χ2n) is 2.95. The first-order valence-corrected chi connectivity index (χ1v) is 5.91. The van der Waals surface area contributed by atoms with E-state index in [0.717, 1.165) is 32.2 Å². The van der Waals surface area contributed by atoms with Crippen molar-refractivity contribution in [2.75, 3.05) is 0 Å². The molecule has 0 radical (unpaired) electrons. The maximum Gasteiger partial charge on any atom is 0.130 e. The molecular formula is C10H8Br2N2. The molecule has 0 fully saturated rings. The van der Waals surface area contributed by atoms with Gasteiger partial charge in [0.1, 0.15) is 10.4 Å². The standard InChI is InChI=1S/C10H8Br2N2/c1-2-9-13-8-4-3-6(11)5-7(8)10(12)14-9/h3-5H,2H2,1H3. The minimum absolute atomic E-state index is 0.852. The second-order valence-corrected chi connectivity index (χ2v) is 4.61. The molecule has 0 aliphatic rings. The minimum atomic E-state index is 0.852. The summed E-state index contributed by atoms with van der Waals surface area (Å²) in [5, 5.41) is 1.04. The van der Waals surface area contributed by atoms with E-state index in [1.54, 1.807) is 0 Å². The Morgan fingerprint density at radius 2 is 2.00 bits per heavy atom. The molecule has 0 atom stereocenters. The lowest BCUT2D eigenvalue weighted by Gasteiger charge is -2.02. The predicted octanol–water partition coefficient (Wildman–Crippen LogP) is 3.72. The molecule has 0 unspecified atom stereocenters. The third-order valence-corrected chi connectivity index (χ3v) is 3.07. The van der Waals surface area contributed by atoms with Crippen LogP contribution >= 0.6 is 31.9 Å². The first kappa shape index (κ1) is 10.1. The molecule has 72 valence electrons. The quantitative estimate of drug-likeness (QED) is 0.750. The fourth-order valence-electron chi connectivity index (χ4n) is 1.27. The van der Waals surface area contributed by atoms with E-state index in [9.17, 15) is 0 Å². The predicted molar refractivity (Wildman–Crippen MR) is 64.3 cm³/mol. The third kappa shape index (κ3) is 1.81. The van der Waals surface area contributed by atoms with Crippen LogP contribution in [0, 0.1) is 0 Å². The van der Waals surface area contributed by atoms with Crippen molar-refractivity contribution in [1.82, 2.24) is 9.97 Å². The number of halogens is 2. The zero-order valence-electron chi connectivity index (χ0n) is 7.59. The number of hydrogen-bond donors (Lipinski definition) is 0. The summed E-state index contributed by atoms with van der Waals surface area (Å²) < 4.78 is 1.90. The number of aryl methyl sites for hydroxylation is 1. The van der Waals surface area contributed by atoms with Crippen molar-refractivity contribution in [2.24, 2.45) is 0 Å². The van der Waals surface area contributed by atoms with Crippen LogP contribution in [-0.4, -0.2) is 9.97 Å². The van der Waals surface area contributed by atoms with Crippen LogP contribution in [0.4, 0.5) is 0 Å². The number of benzene rings is 1. The lowest BCUT2D eigenvalue weighted by molar-refractivity contribution is 0.951. The van der Waals surface area contributed by atoms with E-state index in [1.807, 2.05) is 25.1 Å². The summed E-state index contributed by atoms with van der Waals surface area (Å²) in [6.45, 7) is 2.05. The topological polar surface area (TPSA) is 25.8 Å². The molecule has 0 aliphatic heterocycles. The number of rotatable bonds is 1. The summed E-state index contributed by atoms with van der Waals surface area (Å²) >= 11 is 6.88. The molecule has 0 saturated carbocycles. The molecule has 0 saturated heterocycles. The fraction of sp³-hybridized carbons (Fsp3) is 0.200. The Morgan fingerprint density at radius 1 is 1.21 bits per heavy atom. The summed E-state index contributed by atoms with van der Waals surface area (Å²) in [7, 11) is 0. The van der Waals surface area contributed by atoms with Crippen LogP contribution in [0.5, 0.6) is 0 Å². The van der Waals surface area contributed by atoms with Gasteiger partial charge in [-0.05, 0) is 34.1 Å². The monoisotopic (exact) mass is 314 g/mol. The number of fused-ring (bicyclic) bond motifs is 1. The van der Waals surface area contributed by atoms with Gasteiger partial charge < -0.3 is 0 Å². The summed E-state index contributed by atoms with van der Waals surface area (Å²) in [5.41, 5.74) is 0.979. The van der Waals surface area contributed by atoms with E-state index in [1.165, 1.54) is 0 Å². The van der Waals surface area contributed by atoms with Crippen molar-refractivity contribution in [2.45, 2.75) is 13.3 Å². The molecule has 1 aromatic carbocycles. The van der Waals surface area contributed by atoms with Gasteiger partial charge in [0.05, 0.1) is 5.52 Å². The highest BCUT2D eigenvalue weighted by Gasteiger charge is 2.04. The number of hydrogen-bond acceptors (Lipinski definition) is 2. The van der Waals surface area contributed by atoms with Gasteiger partial charge in [-0.3, -0.25) is 0 Å². The molecule has 14 heavy (non-hydrogen) atoms. The van der Waals surface area contributed by atoms with E-state index in [-0.39, 0.29) is 0 Å². The molecule has 0 spiro atoms.